The van der Waals surface area contributed by atoms with Gasteiger partial charge in [0, 0.05) is 42.0 Å². The van der Waals surface area contributed by atoms with Gasteiger partial charge in [-0.25, -0.2) is 0 Å². The van der Waals surface area contributed by atoms with Crippen LogP contribution in [0, 0.1) is 11.8 Å². The van der Waals surface area contributed by atoms with E-state index in [1.807, 2.05) is 38.2 Å². The van der Waals surface area contributed by atoms with Crippen molar-refractivity contribution in [2.45, 2.75) is 6.04 Å². The number of aliphatic hydroxyl groups is 1. The molecule has 0 aliphatic heterocycles. The number of nitrogens with zero attached hydrogens (tertiary/aromatic N) is 2. The predicted molar refractivity (Wildman–Crippen MR) is 136 cm³/mol. The zero-order chi connectivity index (χ0) is 25.8. The molecule has 2 rings (SSSR count). The molecule has 0 bridgehead atoms. The average Bonchev–Trinajstić information content (AvgIpc) is 2.85. The summed E-state index contributed by atoms with van der Waals surface area (Å²) in [7, 11) is 5.90. The highest BCUT2D eigenvalue weighted by atomic mass is 16.3. The zero-order valence-electron chi connectivity index (χ0n) is 20.4. The molecule has 0 radical (unpaired) electrons. The van der Waals surface area contributed by atoms with Crippen molar-refractivity contribution in [3.8, 4) is 11.8 Å². The smallest absolute Gasteiger partial charge is 0.251 e. The van der Waals surface area contributed by atoms with Gasteiger partial charge >= 0.3 is 0 Å². The molecule has 2 aromatic rings. The molecule has 1 atom stereocenters. The lowest BCUT2D eigenvalue weighted by atomic mass is 10.1. The monoisotopic (exact) mass is 479 g/mol. The standard InChI is InChI=1S/C26H33N5O4/c1-30(2)14-15-31(3)17-25(34)28-22-12-8-20(9-13-22)5-4-19-6-10-21(11-7-19)26(35)29-23(16-27)24(33)18-32/h6-13,23,32H,14-18,27H2,1-3H3,(H,28,34)(H,29,35)/t23-/m0/s1. The molecule has 0 aliphatic carbocycles. The minimum Gasteiger partial charge on any atom is -0.388 e. The van der Waals surface area contributed by atoms with Crippen LogP contribution in [-0.2, 0) is 9.59 Å². The Bertz CT molecular complexity index is 1060. The largest absolute Gasteiger partial charge is 0.388 e. The Morgan fingerprint density at radius 1 is 0.943 bits per heavy atom. The summed E-state index contributed by atoms with van der Waals surface area (Å²) in [5, 5.41) is 14.3. The number of hydrogen-bond acceptors (Lipinski definition) is 7. The van der Waals surface area contributed by atoms with Crippen LogP contribution < -0.4 is 16.4 Å². The molecule has 0 aliphatic rings. The third-order valence-electron chi connectivity index (χ3n) is 5.09. The van der Waals surface area contributed by atoms with Crippen molar-refractivity contribution in [1.29, 1.82) is 0 Å². The van der Waals surface area contributed by atoms with E-state index in [2.05, 4.69) is 27.4 Å². The highest BCUT2D eigenvalue weighted by molar-refractivity contribution is 5.98. The van der Waals surface area contributed by atoms with E-state index in [0.29, 0.717) is 23.4 Å². The summed E-state index contributed by atoms with van der Waals surface area (Å²) in [6.45, 7) is 1.23. The molecule has 9 heteroatoms. The molecule has 0 saturated heterocycles. The fourth-order valence-electron chi connectivity index (χ4n) is 3.00. The average molecular weight is 480 g/mol. The van der Waals surface area contributed by atoms with E-state index in [-0.39, 0.29) is 12.5 Å². The van der Waals surface area contributed by atoms with Gasteiger partial charge in [0.1, 0.15) is 12.6 Å². The van der Waals surface area contributed by atoms with Crippen LogP contribution >= 0.6 is 0 Å². The van der Waals surface area contributed by atoms with Crippen LogP contribution in [-0.4, -0.2) is 92.5 Å². The summed E-state index contributed by atoms with van der Waals surface area (Å²) >= 11 is 0. The van der Waals surface area contributed by atoms with Crippen LogP contribution in [0.25, 0.3) is 0 Å². The van der Waals surface area contributed by atoms with E-state index in [4.69, 9.17) is 10.8 Å². The predicted octanol–water partition coefficient (Wildman–Crippen LogP) is 0.137. The number of anilines is 1. The Kier molecular flexibility index (Phi) is 11.1. The van der Waals surface area contributed by atoms with E-state index in [1.165, 1.54) is 0 Å². The molecular weight excluding hydrogens is 446 g/mol. The van der Waals surface area contributed by atoms with Gasteiger partial charge in [-0.3, -0.25) is 19.3 Å². The van der Waals surface area contributed by atoms with E-state index in [9.17, 15) is 14.4 Å². The molecule has 0 aromatic heterocycles. The van der Waals surface area contributed by atoms with Gasteiger partial charge in [0.2, 0.25) is 5.91 Å². The Balaban J connectivity index is 1.91. The summed E-state index contributed by atoms with van der Waals surface area (Å²) in [5.74, 6) is 5.01. The van der Waals surface area contributed by atoms with Crippen molar-refractivity contribution in [2.24, 2.45) is 5.73 Å². The number of aliphatic hydroxyl groups excluding tert-OH is 1. The minimum atomic E-state index is -0.927. The molecule has 2 amide bonds. The highest BCUT2D eigenvalue weighted by Gasteiger charge is 2.18. The summed E-state index contributed by atoms with van der Waals surface area (Å²) in [5.41, 5.74) is 8.02. The molecular formula is C26H33N5O4. The summed E-state index contributed by atoms with van der Waals surface area (Å²) in [4.78, 5) is 40.1. The van der Waals surface area contributed by atoms with E-state index >= 15 is 0 Å². The van der Waals surface area contributed by atoms with Crippen molar-refractivity contribution in [2.75, 3.05) is 59.2 Å². The number of carbonyl (C=O) groups excluding carboxylic acids is 3. The topological polar surface area (TPSA) is 128 Å². The highest BCUT2D eigenvalue weighted by Crippen LogP contribution is 2.10. The number of likely N-dealkylation sites (N-methyl/N-ethyl adjacent to an activating group) is 2. The lowest BCUT2D eigenvalue weighted by Crippen LogP contribution is -2.46. The van der Waals surface area contributed by atoms with Crippen LogP contribution in [0.3, 0.4) is 0 Å². The first-order chi connectivity index (χ1) is 16.7. The number of amides is 2. The molecule has 0 spiro atoms. The second kappa shape index (κ2) is 14.0. The van der Waals surface area contributed by atoms with Crippen LogP contribution in [0.2, 0.25) is 0 Å². The first kappa shape index (κ1) is 27.7. The summed E-state index contributed by atoms with van der Waals surface area (Å²) < 4.78 is 0. The number of carbonyl (C=O) groups is 3. The van der Waals surface area contributed by atoms with Crippen molar-refractivity contribution in [3.05, 3.63) is 65.2 Å². The molecule has 0 fully saturated rings. The molecule has 0 heterocycles. The summed E-state index contributed by atoms with van der Waals surface area (Å²) in [6, 6.07) is 12.9. The van der Waals surface area contributed by atoms with E-state index in [0.717, 1.165) is 18.7 Å². The van der Waals surface area contributed by atoms with Gasteiger partial charge in [-0.2, -0.15) is 0 Å². The minimum absolute atomic E-state index is 0.0762. The van der Waals surface area contributed by atoms with E-state index < -0.39 is 24.3 Å². The zero-order valence-corrected chi connectivity index (χ0v) is 20.4. The summed E-state index contributed by atoms with van der Waals surface area (Å²) in [6.07, 6.45) is 0. The number of benzene rings is 2. The number of rotatable bonds is 11. The van der Waals surface area contributed by atoms with Gasteiger partial charge in [-0.1, -0.05) is 11.8 Å². The quantitative estimate of drug-likeness (QED) is 0.338. The van der Waals surface area contributed by atoms with Crippen LogP contribution in [0.1, 0.15) is 21.5 Å². The van der Waals surface area contributed by atoms with Crippen LogP contribution in [0.5, 0.6) is 0 Å². The van der Waals surface area contributed by atoms with Gasteiger partial charge in [0.25, 0.3) is 5.91 Å². The van der Waals surface area contributed by atoms with Crippen molar-refractivity contribution in [1.82, 2.24) is 15.1 Å². The second-order valence-corrected chi connectivity index (χ2v) is 8.38. The molecule has 0 unspecified atom stereocenters. The number of nitrogens with one attached hydrogen (secondary N) is 2. The van der Waals surface area contributed by atoms with Crippen molar-refractivity contribution in [3.63, 3.8) is 0 Å². The van der Waals surface area contributed by atoms with Crippen molar-refractivity contribution >= 4 is 23.3 Å². The third kappa shape index (κ3) is 9.68. The molecule has 5 N–H and O–H groups in total. The molecule has 186 valence electrons. The van der Waals surface area contributed by atoms with Gasteiger partial charge in [0.05, 0.1) is 6.54 Å². The second-order valence-electron chi connectivity index (χ2n) is 8.38. The van der Waals surface area contributed by atoms with Gasteiger partial charge < -0.3 is 26.4 Å². The lowest BCUT2D eigenvalue weighted by Gasteiger charge is -2.18. The number of hydrogen-bond donors (Lipinski definition) is 4. The Morgan fingerprint density at radius 2 is 1.51 bits per heavy atom. The van der Waals surface area contributed by atoms with Crippen LogP contribution in [0.15, 0.2) is 48.5 Å². The fourth-order valence-corrected chi connectivity index (χ4v) is 3.00. The van der Waals surface area contributed by atoms with Crippen molar-refractivity contribution < 1.29 is 19.5 Å². The van der Waals surface area contributed by atoms with E-state index in [1.54, 1.807) is 36.4 Å². The molecule has 2 aromatic carbocycles. The fraction of sp³-hybridized carbons (Fsp3) is 0.346. The number of ketones is 1. The first-order valence-electron chi connectivity index (χ1n) is 11.2. The van der Waals surface area contributed by atoms with Gasteiger partial charge in [0.15, 0.2) is 5.78 Å². The third-order valence-corrected chi connectivity index (χ3v) is 5.09. The molecule has 35 heavy (non-hydrogen) atoms. The van der Waals surface area contributed by atoms with Crippen LogP contribution in [0.4, 0.5) is 5.69 Å². The normalized spacial score (nSPS) is 11.5. The maximum Gasteiger partial charge on any atom is 0.251 e. The van der Waals surface area contributed by atoms with Gasteiger partial charge in [-0.05, 0) is 69.7 Å². The molecule has 0 saturated carbocycles. The number of Topliss-reactive ketones (excluding diaryl/α,β-unsaturated/α-hetero) is 1. The first-order valence-corrected chi connectivity index (χ1v) is 11.2. The Hall–Kier alpha value is -3.55. The Labute approximate surface area is 206 Å². The maximum atomic E-state index is 12.3. The number of nitrogens with two attached hydrogens (primary N) is 1. The lowest BCUT2D eigenvalue weighted by molar-refractivity contribution is -0.123. The van der Waals surface area contributed by atoms with Gasteiger partial charge in [-0.15, -0.1) is 0 Å². The Morgan fingerprint density at radius 3 is 2.03 bits per heavy atom. The molecule has 9 nitrogen and oxygen atoms in total. The maximum absolute atomic E-state index is 12.3. The SMILES string of the molecule is CN(C)CCN(C)CC(=O)Nc1ccc(C#Cc2ccc(C(=O)N[C@@H](CN)C(=O)CO)cc2)cc1.